The zero-order valence-electron chi connectivity index (χ0n) is 12.3. The van der Waals surface area contributed by atoms with Crippen LogP contribution in [-0.2, 0) is 16.4 Å². The summed E-state index contributed by atoms with van der Waals surface area (Å²) in [7, 11) is -3.68. The van der Waals surface area contributed by atoms with E-state index in [1.54, 1.807) is 12.3 Å². The van der Waals surface area contributed by atoms with E-state index < -0.39 is 10.0 Å². The number of benzene rings is 2. The maximum Gasteiger partial charge on any atom is 0.240 e. The highest BCUT2D eigenvalue weighted by Gasteiger charge is 2.15. The van der Waals surface area contributed by atoms with Gasteiger partial charge in [0.05, 0.1) is 14.9 Å². The molecule has 3 rings (SSSR count). The lowest BCUT2D eigenvalue weighted by Crippen LogP contribution is -2.26. The normalized spacial score (nSPS) is 12.0. The molecule has 0 aliphatic carbocycles. The molecule has 2 N–H and O–H groups in total. The smallest absolute Gasteiger partial charge is 0.240 e. The molecule has 0 bridgehead atoms. The number of sulfonamides is 1. The second-order valence-electron chi connectivity index (χ2n) is 5.23. The Morgan fingerprint density at radius 3 is 2.62 bits per heavy atom. The second-order valence-corrected chi connectivity index (χ2v) is 7.81. The monoisotopic (exact) mass is 386 g/mol. The summed E-state index contributed by atoms with van der Waals surface area (Å²) >= 11 is 11.6. The topological polar surface area (TPSA) is 62.0 Å². The second kappa shape index (κ2) is 6.72. The molecule has 8 heteroatoms. The minimum atomic E-state index is -3.68. The van der Waals surface area contributed by atoms with Crippen LogP contribution in [-0.4, -0.2) is 19.9 Å². The standard InChI is InChI=1S/C16H13Cl2FN2O2S/c17-14-4-2-12(8-15(14)18)24(22,23)21-6-5-10-9-20-16-7-11(19)1-3-13(10)16/h1-4,7-9,20-21H,5-6H2. The zero-order valence-corrected chi connectivity index (χ0v) is 14.6. The summed E-state index contributed by atoms with van der Waals surface area (Å²) in [4.78, 5) is 3.03. The first-order valence-corrected chi connectivity index (χ1v) is 9.31. The molecule has 1 aromatic heterocycles. The van der Waals surface area contributed by atoms with E-state index in [-0.39, 0.29) is 22.3 Å². The molecule has 0 atom stereocenters. The number of aromatic amines is 1. The van der Waals surface area contributed by atoms with Gasteiger partial charge in [-0.1, -0.05) is 23.2 Å². The molecule has 24 heavy (non-hydrogen) atoms. The third kappa shape index (κ3) is 3.57. The highest BCUT2D eigenvalue weighted by molar-refractivity contribution is 7.89. The summed E-state index contributed by atoms with van der Waals surface area (Å²) < 4.78 is 40.2. The van der Waals surface area contributed by atoms with Crippen LogP contribution in [0, 0.1) is 5.82 Å². The maximum atomic E-state index is 13.2. The average molecular weight is 387 g/mol. The lowest BCUT2D eigenvalue weighted by molar-refractivity contribution is 0.581. The molecule has 0 saturated carbocycles. The molecular formula is C16H13Cl2FN2O2S. The van der Waals surface area contributed by atoms with Crippen molar-refractivity contribution in [3.8, 4) is 0 Å². The highest BCUT2D eigenvalue weighted by Crippen LogP contribution is 2.25. The van der Waals surface area contributed by atoms with E-state index in [0.29, 0.717) is 17.0 Å². The van der Waals surface area contributed by atoms with Gasteiger partial charge in [-0.25, -0.2) is 17.5 Å². The summed E-state index contributed by atoms with van der Waals surface area (Å²) in [5.41, 5.74) is 1.58. The Labute approximate surface area is 148 Å². The van der Waals surface area contributed by atoms with Crippen LogP contribution in [0.5, 0.6) is 0 Å². The van der Waals surface area contributed by atoms with Crippen molar-refractivity contribution in [2.24, 2.45) is 0 Å². The average Bonchev–Trinajstić information content (AvgIpc) is 2.92. The number of halogens is 3. The number of hydrogen-bond acceptors (Lipinski definition) is 2. The van der Waals surface area contributed by atoms with Gasteiger partial charge in [0.25, 0.3) is 0 Å². The van der Waals surface area contributed by atoms with Crippen molar-refractivity contribution in [1.29, 1.82) is 0 Å². The van der Waals surface area contributed by atoms with Gasteiger partial charge in [0.15, 0.2) is 0 Å². The van der Waals surface area contributed by atoms with Crippen LogP contribution in [0.2, 0.25) is 10.0 Å². The molecule has 0 aliphatic heterocycles. The van der Waals surface area contributed by atoms with Crippen molar-refractivity contribution in [2.75, 3.05) is 6.54 Å². The number of aromatic nitrogens is 1. The Bertz CT molecular complexity index is 1000. The fourth-order valence-corrected chi connectivity index (χ4v) is 3.83. The van der Waals surface area contributed by atoms with E-state index in [9.17, 15) is 12.8 Å². The molecule has 0 radical (unpaired) electrons. The molecule has 1 heterocycles. The van der Waals surface area contributed by atoms with Gasteiger partial charge in [-0.05, 0) is 48.4 Å². The Hall–Kier alpha value is -1.60. The van der Waals surface area contributed by atoms with Gasteiger partial charge in [-0.2, -0.15) is 0 Å². The van der Waals surface area contributed by atoms with Crippen LogP contribution in [0.15, 0.2) is 47.5 Å². The van der Waals surface area contributed by atoms with E-state index in [1.807, 2.05) is 0 Å². The van der Waals surface area contributed by atoms with Crippen molar-refractivity contribution < 1.29 is 12.8 Å². The highest BCUT2D eigenvalue weighted by atomic mass is 35.5. The molecule has 4 nitrogen and oxygen atoms in total. The lowest BCUT2D eigenvalue weighted by Gasteiger charge is -2.07. The predicted octanol–water partition coefficient (Wildman–Crippen LogP) is 4.13. The van der Waals surface area contributed by atoms with Gasteiger partial charge in [-0.3, -0.25) is 0 Å². The van der Waals surface area contributed by atoms with E-state index in [4.69, 9.17) is 23.2 Å². The third-order valence-corrected chi connectivity index (χ3v) is 5.81. The summed E-state index contributed by atoms with van der Waals surface area (Å²) in [6, 6.07) is 8.58. The van der Waals surface area contributed by atoms with Crippen LogP contribution >= 0.6 is 23.2 Å². The fraction of sp³-hybridized carbons (Fsp3) is 0.125. The number of H-pyrrole nitrogens is 1. The first-order chi connectivity index (χ1) is 11.4. The minimum absolute atomic E-state index is 0.0536. The van der Waals surface area contributed by atoms with Crippen LogP contribution in [0.1, 0.15) is 5.56 Å². The van der Waals surface area contributed by atoms with Crippen molar-refractivity contribution in [3.05, 3.63) is 64.0 Å². The predicted molar refractivity (Wildman–Crippen MR) is 93.6 cm³/mol. The SMILES string of the molecule is O=S(=O)(NCCc1c[nH]c2cc(F)ccc12)c1ccc(Cl)c(Cl)c1. The van der Waals surface area contributed by atoms with Crippen molar-refractivity contribution in [2.45, 2.75) is 11.3 Å². The molecular weight excluding hydrogens is 374 g/mol. The van der Waals surface area contributed by atoms with Crippen LogP contribution in [0.4, 0.5) is 4.39 Å². The molecule has 0 aliphatic rings. The summed E-state index contributed by atoms with van der Waals surface area (Å²) in [5, 5.41) is 1.34. The Balaban J connectivity index is 1.71. The largest absolute Gasteiger partial charge is 0.361 e. The minimum Gasteiger partial charge on any atom is -0.361 e. The number of fused-ring (bicyclic) bond motifs is 1. The van der Waals surface area contributed by atoms with E-state index >= 15 is 0 Å². The summed E-state index contributed by atoms with van der Waals surface area (Å²) in [6.07, 6.45) is 2.21. The van der Waals surface area contributed by atoms with Crippen LogP contribution in [0.3, 0.4) is 0 Å². The first-order valence-electron chi connectivity index (χ1n) is 7.07. The molecule has 2 aromatic carbocycles. The Kier molecular flexibility index (Phi) is 4.83. The number of nitrogens with one attached hydrogen (secondary N) is 2. The first kappa shape index (κ1) is 17.2. The van der Waals surface area contributed by atoms with Gasteiger partial charge in [0.1, 0.15) is 5.82 Å². The van der Waals surface area contributed by atoms with Crippen molar-refractivity contribution in [1.82, 2.24) is 9.71 Å². The van der Waals surface area contributed by atoms with Gasteiger partial charge in [-0.15, -0.1) is 0 Å². The molecule has 126 valence electrons. The third-order valence-electron chi connectivity index (χ3n) is 3.62. The quantitative estimate of drug-likeness (QED) is 0.692. The summed E-state index contributed by atoms with van der Waals surface area (Å²) in [6.45, 7) is 0.201. The van der Waals surface area contributed by atoms with E-state index in [1.165, 1.54) is 30.3 Å². The number of hydrogen-bond donors (Lipinski definition) is 2. The Morgan fingerprint density at radius 1 is 1.08 bits per heavy atom. The van der Waals surface area contributed by atoms with Crippen molar-refractivity contribution >= 4 is 44.1 Å². The van der Waals surface area contributed by atoms with Gasteiger partial charge < -0.3 is 4.98 Å². The fourth-order valence-electron chi connectivity index (χ4n) is 2.41. The lowest BCUT2D eigenvalue weighted by atomic mass is 10.1. The summed E-state index contributed by atoms with van der Waals surface area (Å²) in [5.74, 6) is -0.323. The Morgan fingerprint density at radius 2 is 1.88 bits per heavy atom. The molecule has 0 unspecified atom stereocenters. The molecule has 0 amide bonds. The molecule has 0 saturated heterocycles. The molecule has 3 aromatic rings. The molecule has 0 spiro atoms. The van der Waals surface area contributed by atoms with E-state index in [2.05, 4.69) is 9.71 Å². The zero-order chi connectivity index (χ0) is 17.3. The van der Waals surface area contributed by atoms with Gasteiger partial charge in [0.2, 0.25) is 10.0 Å². The number of rotatable bonds is 5. The van der Waals surface area contributed by atoms with Crippen molar-refractivity contribution in [3.63, 3.8) is 0 Å². The van der Waals surface area contributed by atoms with Crippen LogP contribution in [0.25, 0.3) is 10.9 Å². The maximum absolute atomic E-state index is 13.2. The van der Waals surface area contributed by atoms with E-state index in [0.717, 1.165) is 10.9 Å². The van der Waals surface area contributed by atoms with Gasteiger partial charge >= 0.3 is 0 Å². The molecule has 0 fully saturated rings. The van der Waals surface area contributed by atoms with Crippen LogP contribution < -0.4 is 4.72 Å². The van der Waals surface area contributed by atoms with Gasteiger partial charge in [0, 0.05) is 23.6 Å².